The standard InChI is InChI=1S/C13H12BrN3O2.C2H6/c1-7-11(12(15)18)16-13-9-6-8(14)2-3-10(9)19-5-4-17(7)13;1-2/h2-3,6H,4-5H2,1H3,(H2,15,18);1-2H3. The van der Waals surface area contributed by atoms with E-state index in [0.29, 0.717) is 18.8 Å². The maximum atomic E-state index is 11.4. The van der Waals surface area contributed by atoms with Crippen LogP contribution in [0.2, 0.25) is 0 Å². The van der Waals surface area contributed by atoms with E-state index in [0.717, 1.165) is 27.3 Å². The Morgan fingerprint density at radius 3 is 2.81 bits per heavy atom. The van der Waals surface area contributed by atoms with Crippen LogP contribution in [0, 0.1) is 6.92 Å². The first-order valence-corrected chi connectivity index (χ1v) is 7.67. The molecule has 0 saturated heterocycles. The zero-order chi connectivity index (χ0) is 15.6. The normalized spacial score (nSPS) is 12.2. The molecule has 3 rings (SSSR count). The fraction of sp³-hybridized carbons (Fsp3) is 0.333. The number of imidazole rings is 1. The van der Waals surface area contributed by atoms with Crippen LogP contribution in [0.3, 0.4) is 0 Å². The van der Waals surface area contributed by atoms with Gasteiger partial charge in [0.2, 0.25) is 0 Å². The molecule has 0 aliphatic carbocycles. The lowest BCUT2D eigenvalue weighted by Gasteiger charge is -2.05. The topological polar surface area (TPSA) is 70.1 Å². The number of amides is 1. The predicted octanol–water partition coefficient (Wildman–Crippen LogP) is 3.14. The molecule has 2 aromatic rings. The summed E-state index contributed by atoms with van der Waals surface area (Å²) in [6.45, 7) is 7.03. The van der Waals surface area contributed by atoms with Crippen molar-refractivity contribution < 1.29 is 9.53 Å². The molecule has 0 saturated carbocycles. The number of ether oxygens (including phenoxy) is 1. The van der Waals surface area contributed by atoms with E-state index in [9.17, 15) is 4.79 Å². The van der Waals surface area contributed by atoms with Gasteiger partial charge in [-0.25, -0.2) is 4.98 Å². The van der Waals surface area contributed by atoms with Gasteiger partial charge < -0.3 is 15.0 Å². The Labute approximate surface area is 132 Å². The highest BCUT2D eigenvalue weighted by molar-refractivity contribution is 9.10. The van der Waals surface area contributed by atoms with Gasteiger partial charge in [-0.2, -0.15) is 0 Å². The molecule has 112 valence electrons. The minimum Gasteiger partial charge on any atom is -0.491 e. The second-order valence-corrected chi connectivity index (χ2v) is 5.29. The molecule has 0 fully saturated rings. The van der Waals surface area contributed by atoms with Gasteiger partial charge in [0, 0.05) is 10.2 Å². The molecule has 21 heavy (non-hydrogen) atoms. The summed E-state index contributed by atoms with van der Waals surface area (Å²) in [5.41, 5.74) is 7.32. The van der Waals surface area contributed by atoms with Crippen LogP contribution in [-0.2, 0) is 6.54 Å². The number of halogens is 1. The number of hydrogen-bond donors (Lipinski definition) is 1. The molecule has 2 heterocycles. The van der Waals surface area contributed by atoms with Crippen molar-refractivity contribution in [1.82, 2.24) is 9.55 Å². The van der Waals surface area contributed by atoms with Crippen molar-refractivity contribution >= 4 is 21.8 Å². The summed E-state index contributed by atoms with van der Waals surface area (Å²) in [7, 11) is 0. The van der Waals surface area contributed by atoms with Gasteiger partial charge in [-0.3, -0.25) is 4.79 Å². The number of carbonyl (C=O) groups excluding carboxylic acids is 1. The molecule has 0 radical (unpaired) electrons. The molecule has 1 aromatic heterocycles. The van der Waals surface area contributed by atoms with Crippen LogP contribution in [0.15, 0.2) is 22.7 Å². The zero-order valence-electron chi connectivity index (χ0n) is 12.3. The Morgan fingerprint density at radius 1 is 1.43 bits per heavy atom. The molecular weight excluding hydrogens is 334 g/mol. The average molecular weight is 352 g/mol. The molecule has 2 N–H and O–H groups in total. The molecule has 0 spiro atoms. The van der Waals surface area contributed by atoms with Crippen molar-refractivity contribution in [2.75, 3.05) is 6.61 Å². The Balaban J connectivity index is 0.000000774. The molecule has 1 aliphatic rings. The highest BCUT2D eigenvalue weighted by atomic mass is 79.9. The number of nitrogens with zero attached hydrogens (tertiary/aromatic N) is 2. The van der Waals surface area contributed by atoms with Crippen molar-refractivity contribution in [3.8, 4) is 17.1 Å². The number of fused-ring (bicyclic) bond motifs is 3. The lowest BCUT2D eigenvalue weighted by atomic mass is 10.2. The third kappa shape index (κ3) is 2.81. The monoisotopic (exact) mass is 351 g/mol. The van der Waals surface area contributed by atoms with Crippen LogP contribution in [-0.4, -0.2) is 22.1 Å². The fourth-order valence-electron chi connectivity index (χ4n) is 2.30. The Kier molecular flexibility index (Phi) is 4.67. The Bertz CT molecular complexity index is 680. The third-order valence-corrected chi connectivity index (χ3v) is 3.70. The second-order valence-electron chi connectivity index (χ2n) is 4.37. The molecule has 1 aromatic carbocycles. The summed E-state index contributed by atoms with van der Waals surface area (Å²) in [6.07, 6.45) is 0. The molecule has 0 unspecified atom stereocenters. The number of hydrogen-bond acceptors (Lipinski definition) is 3. The minimum atomic E-state index is -0.504. The Hall–Kier alpha value is -1.82. The van der Waals surface area contributed by atoms with Gasteiger partial charge >= 0.3 is 0 Å². The lowest BCUT2D eigenvalue weighted by Crippen LogP contribution is -2.14. The van der Waals surface area contributed by atoms with Gasteiger partial charge in [0.15, 0.2) is 0 Å². The molecule has 5 nitrogen and oxygen atoms in total. The van der Waals surface area contributed by atoms with E-state index in [4.69, 9.17) is 10.5 Å². The number of rotatable bonds is 1. The van der Waals surface area contributed by atoms with Crippen molar-refractivity contribution in [1.29, 1.82) is 0 Å². The number of nitrogens with two attached hydrogens (primary N) is 1. The molecule has 0 atom stereocenters. The molecule has 1 aliphatic heterocycles. The minimum absolute atomic E-state index is 0.322. The van der Waals surface area contributed by atoms with Crippen LogP contribution in [0.25, 0.3) is 11.4 Å². The highest BCUT2D eigenvalue weighted by Crippen LogP contribution is 2.35. The van der Waals surface area contributed by atoms with Gasteiger partial charge in [-0.05, 0) is 25.1 Å². The van der Waals surface area contributed by atoms with E-state index in [1.807, 2.05) is 43.5 Å². The number of benzene rings is 1. The molecule has 1 amide bonds. The van der Waals surface area contributed by atoms with Crippen LogP contribution in [0.5, 0.6) is 5.75 Å². The summed E-state index contributed by atoms with van der Waals surface area (Å²) in [6, 6.07) is 5.74. The van der Waals surface area contributed by atoms with E-state index in [1.54, 1.807) is 0 Å². The largest absolute Gasteiger partial charge is 0.491 e. The van der Waals surface area contributed by atoms with Gasteiger partial charge in [-0.1, -0.05) is 29.8 Å². The van der Waals surface area contributed by atoms with Crippen molar-refractivity contribution in [3.05, 3.63) is 34.1 Å². The van der Waals surface area contributed by atoms with Crippen molar-refractivity contribution in [2.45, 2.75) is 27.3 Å². The molecule has 6 heteroatoms. The highest BCUT2D eigenvalue weighted by Gasteiger charge is 2.23. The second kappa shape index (κ2) is 6.30. The van der Waals surface area contributed by atoms with Crippen LogP contribution in [0.4, 0.5) is 0 Å². The third-order valence-electron chi connectivity index (χ3n) is 3.21. The molecular formula is C15H18BrN3O2. The van der Waals surface area contributed by atoms with Crippen LogP contribution >= 0.6 is 15.9 Å². The van der Waals surface area contributed by atoms with Crippen LogP contribution in [0.1, 0.15) is 30.0 Å². The zero-order valence-corrected chi connectivity index (χ0v) is 13.9. The van der Waals surface area contributed by atoms with Gasteiger partial charge in [-0.15, -0.1) is 0 Å². The van der Waals surface area contributed by atoms with E-state index in [1.165, 1.54) is 0 Å². The summed E-state index contributed by atoms with van der Waals surface area (Å²) >= 11 is 3.44. The summed E-state index contributed by atoms with van der Waals surface area (Å²) in [5, 5.41) is 0. The van der Waals surface area contributed by atoms with Gasteiger partial charge in [0.25, 0.3) is 5.91 Å². The van der Waals surface area contributed by atoms with Crippen LogP contribution < -0.4 is 10.5 Å². The summed E-state index contributed by atoms with van der Waals surface area (Å²) in [4.78, 5) is 15.8. The summed E-state index contributed by atoms with van der Waals surface area (Å²) in [5.74, 6) is 0.985. The maximum Gasteiger partial charge on any atom is 0.269 e. The van der Waals surface area contributed by atoms with E-state index >= 15 is 0 Å². The Morgan fingerprint density at radius 2 is 2.14 bits per heavy atom. The maximum absolute atomic E-state index is 11.4. The smallest absolute Gasteiger partial charge is 0.269 e. The van der Waals surface area contributed by atoms with Gasteiger partial charge in [0.1, 0.15) is 23.9 Å². The average Bonchev–Trinajstić information content (AvgIpc) is 2.69. The number of aromatic nitrogens is 2. The van der Waals surface area contributed by atoms with E-state index in [-0.39, 0.29) is 0 Å². The van der Waals surface area contributed by atoms with E-state index < -0.39 is 5.91 Å². The first kappa shape index (κ1) is 15.6. The lowest BCUT2D eigenvalue weighted by molar-refractivity contribution is 0.0995. The summed E-state index contributed by atoms with van der Waals surface area (Å²) < 4.78 is 8.61. The fourth-order valence-corrected chi connectivity index (χ4v) is 2.66. The molecule has 0 bridgehead atoms. The quantitative estimate of drug-likeness (QED) is 0.857. The van der Waals surface area contributed by atoms with E-state index in [2.05, 4.69) is 20.9 Å². The number of carbonyl (C=O) groups is 1. The van der Waals surface area contributed by atoms with Crippen molar-refractivity contribution in [2.24, 2.45) is 5.73 Å². The predicted molar refractivity (Wildman–Crippen MR) is 85.5 cm³/mol. The first-order valence-electron chi connectivity index (χ1n) is 6.87. The van der Waals surface area contributed by atoms with Crippen molar-refractivity contribution in [3.63, 3.8) is 0 Å². The SMILES string of the molecule is CC.Cc1c(C(N)=O)nc2n1CCOc1ccc(Br)cc1-2. The number of primary amides is 1. The first-order chi connectivity index (χ1) is 10.1. The van der Waals surface area contributed by atoms with Gasteiger partial charge in [0.05, 0.1) is 12.1 Å².